The molecule has 108 valence electrons. The van der Waals surface area contributed by atoms with E-state index in [0.29, 0.717) is 11.8 Å². The van der Waals surface area contributed by atoms with Crippen LogP contribution in [0, 0.1) is 24.6 Å². The van der Waals surface area contributed by atoms with Gasteiger partial charge in [-0.25, -0.2) is 4.39 Å². The number of rotatable bonds is 2. The van der Waals surface area contributed by atoms with Gasteiger partial charge >= 0.3 is 0 Å². The molecule has 2 saturated heterocycles. The number of amides is 1. The lowest BCUT2D eigenvalue weighted by Crippen LogP contribution is -2.39. The van der Waals surface area contributed by atoms with E-state index in [1.54, 1.807) is 12.1 Å². The van der Waals surface area contributed by atoms with E-state index in [4.69, 9.17) is 0 Å². The largest absolute Gasteiger partial charge is 0.335 e. The van der Waals surface area contributed by atoms with E-state index in [1.165, 1.54) is 6.07 Å². The molecule has 3 unspecified atom stereocenters. The predicted molar refractivity (Wildman–Crippen MR) is 76.1 cm³/mol. The topological polar surface area (TPSA) is 32.3 Å². The first-order valence-electron chi connectivity index (χ1n) is 7.39. The van der Waals surface area contributed by atoms with E-state index < -0.39 is 5.82 Å². The van der Waals surface area contributed by atoms with Crippen molar-refractivity contribution in [2.45, 2.75) is 26.3 Å². The van der Waals surface area contributed by atoms with Gasteiger partial charge < -0.3 is 10.2 Å². The Balaban J connectivity index is 1.86. The molecule has 0 saturated carbocycles. The number of likely N-dealkylation sites (tertiary alicyclic amines) is 1. The normalized spacial score (nSPS) is 28.8. The van der Waals surface area contributed by atoms with Crippen molar-refractivity contribution in [3.63, 3.8) is 0 Å². The summed E-state index contributed by atoms with van der Waals surface area (Å²) in [5, 5.41) is 3.39. The zero-order valence-electron chi connectivity index (χ0n) is 12.0. The van der Waals surface area contributed by atoms with Gasteiger partial charge in [-0.05, 0) is 42.9 Å². The van der Waals surface area contributed by atoms with Gasteiger partial charge in [0.2, 0.25) is 0 Å². The van der Waals surface area contributed by atoms with Crippen molar-refractivity contribution in [1.29, 1.82) is 0 Å². The monoisotopic (exact) mass is 276 g/mol. The Bertz CT molecular complexity index is 531. The van der Waals surface area contributed by atoms with Crippen LogP contribution in [0.5, 0.6) is 0 Å². The molecule has 2 aliphatic heterocycles. The maximum Gasteiger partial charge on any atom is 0.257 e. The molecule has 3 rings (SSSR count). The summed E-state index contributed by atoms with van der Waals surface area (Å²) in [6.45, 7) is 6.64. The number of nitrogens with zero attached hydrogens (tertiary/aromatic N) is 1. The van der Waals surface area contributed by atoms with Crippen LogP contribution in [0.2, 0.25) is 0 Å². The van der Waals surface area contributed by atoms with Crippen LogP contribution in [-0.2, 0) is 0 Å². The van der Waals surface area contributed by atoms with Crippen molar-refractivity contribution in [3.8, 4) is 0 Å². The molecule has 0 bridgehead atoms. The Labute approximate surface area is 119 Å². The molecule has 2 heterocycles. The number of benzene rings is 1. The molecule has 20 heavy (non-hydrogen) atoms. The molecule has 1 N–H and O–H groups in total. The van der Waals surface area contributed by atoms with E-state index in [0.717, 1.165) is 31.6 Å². The lowest BCUT2D eigenvalue weighted by molar-refractivity contribution is 0.0707. The molecule has 0 aromatic heterocycles. The van der Waals surface area contributed by atoms with Crippen molar-refractivity contribution >= 4 is 5.91 Å². The number of fused-ring (bicyclic) bond motifs is 1. The van der Waals surface area contributed by atoms with Crippen LogP contribution in [-0.4, -0.2) is 36.5 Å². The van der Waals surface area contributed by atoms with Crippen LogP contribution in [0.3, 0.4) is 0 Å². The summed E-state index contributed by atoms with van der Waals surface area (Å²) in [6.07, 6.45) is 0.933. The summed E-state index contributed by atoms with van der Waals surface area (Å²) >= 11 is 0. The fraction of sp³-hybridized carbons (Fsp3) is 0.562. The van der Waals surface area contributed by atoms with Crippen LogP contribution in [0.1, 0.15) is 29.3 Å². The molecular formula is C16H21FN2O. The lowest BCUT2D eigenvalue weighted by atomic mass is 9.93. The molecule has 4 heteroatoms. The Kier molecular flexibility index (Phi) is 3.50. The number of nitrogens with one attached hydrogen (secondary N) is 1. The fourth-order valence-corrected chi connectivity index (χ4v) is 3.73. The van der Waals surface area contributed by atoms with Gasteiger partial charge in [-0.1, -0.05) is 13.0 Å². The molecule has 0 radical (unpaired) electrons. The Morgan fingerprint density at radius 2 is 2.25 bits per heavy atom. The summed E-state index contributed by atoms with van der Waals surface area (Å²) in [5.74, 6) is 0.499. The van der Waals surface area contributed by atoms with E-state index in [-0.39, 0.29) is 17.5 Å². The third-order valence-corrected chi connectivity index (χ3v) is 4.75. The second-order valence-corrected chi connectivity index (χ2v) is 6.00. The highest BCUT2D eigenvalue weighted by Crippen LogP contribution is 2.35. The average molecular weight is 276 g/mol. The maximum atomic E-state index is 14.0. The van der Waals surface area contributed by atoms with E-state index in [1.807, 2.05) is 11.8 Å². The zero-order valence-corrected chi connectivity index (χ0v) is 12.0. The van der Waals surface area contributed by atoms with Crippen LogP contribution in [0.15, 0.2) is 18.2 Å². The second kappa shape index (κ2) is 5.17. The minimum atomic E-state index is -0.403. The van der Waals surface area contributed by atoms with E-state index in [2.05, 4.69) is 12.2 Å². The third-order valence-electron chi connectivity index (χ3n) is 4.75. The van der Waals surface area contributed by atoms with Gasteiger partial charge in [-0.3, -0.25) is 4.79 Å². The molecule has 3 nitrogen and oxygen atoms in total. The summed E-state index contributed by atoms with van der Waals surface area (Å²) in [4.78, 5) is 14.5. The molecule has 1 aromatic rings. The van der Waals surface area contributed by atoms with Crippen molar-refractivity contribution in [2.24, 2.45) is 11.8 Å². The molecule has 1 aromatic carbocycles. The summed E-state index contributed by atoms with van der Waals surface area (Å²) in [5.41, 5.74) is 1.05. The number of hydrogen-bond acceptors (Lipinski definition) is 2. The van der Waals surface area contributed by atoms with Gasteiger partial charge in [0.25, 0.3) is 5.91 Å². The van der Waals surface area contributed by atoms with Gasteiger partial charge in [0.05, 0.1) is 5.56 Å². The van der Waals surface area contributed by atoms with E-state index >= 15 is 0 Å². The number of halogens is 1. The average Bonchev–Trinajstić information content (AvgIpc) is 2.97. The van der Waals surface area contributed by atoms with Gasteiger partial charge in [0.1, 0.15) is 5.82 Å². The highest BCUT2D eigenvalue weighted by atomic mass is 19.1. The molecule has 2 aliphatic rings. The second-order valence-electron chi connectivity index (χ2n) is 6.00. The fourth-order valence-electron chi connectivity index (χ4n) is 3.73. The molecule has 1 amide bonds. The number of aryl methyl sites for hydroxylation is 1. The molecule has 0 aliphatic carbocycles. The summed E-state index contributed by atoms with van der Waals surface area (Å²) in [6, 6.07) is 5.09. The van der Waals surface area contributed by atoms with Crippen LogP contribution >= 0.6 is 0 Å². The molecular weight excluding hydrogens is 255 g/mol. The standard InChI is InChI=1S/C16H21FN2O/c1-3-15-13-8-18-7-11(13)9-19(15)16(20)12-5-4-10(2)6-14(12)17/h4-6,11,13,15,18H,3,7-9H2,1-2H3. The van der Waals surface area contributed by atoms with Gasteiger partial charge in [-0.15, -0.1) is 0 Å². The van der Waals surface area contributed by atoms with Crippen molar-refractivity contribution in [1.82, 2.24) is 10.2 Å². The first-order valence-corrected chi connectivity index (χ1v) is 7.39. The van der Waals surface area contributed by atoms with E-state index in [9.17, 15) is 9.18 Å². The minimum absolute atomic E-state index is 0.149. The summed E-state index contributed by atoms with van der Waals surface area (Å²) in [7, 11) is 0. The Morgan fingerprint density at radius 3 is 2.95 bits per heavy atom. The van der Waals surface area contributed by atoms with Crippen molar-refractivity contribution in [2.75, 3.05) is 19.6 Å². The number of carbonyl (C=O) groups is 1. The van der Waals surface area contributed by atoms with Gasteiger partial charge in [0.15, 0.2) is 0 Å². The third kappa shape index (κ3) is 2.12. The van der Waals surface area contributed by atoms with Crippen LogP contribution in [0.25, 0.3) is 0 Å². The number of carbonyl (C=O) groups excluding carboxylic acids is 1. The highest BCUT2D eigenvalue weighted by Gasteiger charge is 2.45. The smallest absolute Gasteiger partial charge is 0.257 e. The maximum absolute atomic E-state index is 14.0. The van der Waals surface area contributed by atoms with Crippen molar-refractivity contribution in [3.05, 3.63) is 35.1 Å². The minimum Gasteiger partial charge on any atom is -0.335 e. The van der Waals surface area contributed by atoms with Crippen molar-refractivity contribution < 1.29 is 9.18 Å². The number of hydrogen-bond donors (Lipinski definition) is 1. The van der Waals surface area contributed by atoms with Crippen LogP contribution < -0.4 is 5.32 Å². The SMILES string of the molecule is CCC1C2CNCC2CN1C(=O)c1ccc(C)cc1F. The molecule has 0 spiro atoms. The van der Waals surface area contributed by atoms with Crippen LogP contribution in [0.4, 0.5) is 4.39 Å². The first-order chi connectivity index (χ1) is 9.61. The zero-order chi connectivity index (χ0) is 14.3. The highest BCUT2D eigenvalue weighted by molar-refractivity contribution is 5.95. The predicted octanol–water partition coefficient (Wildman–Crippen LogP) is 2.20. The molecule has 3 atom stereocenters. The summed E-state index contributed by atoms with van der Waals surface area (Å²) < 4.78 is 14.0. The quantitative estimate of drug-likeness (QED) is 0.898. The Hall–Kier alpha value is -1.42. The van der Waals surface area contributed by atoms with Gasteiger partial charge in [0, 0.05) is 25.7 Å². The Morgan fingerprint density at radius 1 is 1.45 bits per heavy atom. The first kappa shape index (κ1) is 13.6. The lowest BCUT2D eigenvalue weighted by Gasteiger charge is -2.27. The van der Waals surface area contributed by atoms with Gasteiger partial charge in [-0.2, -0.15) is 0 Å². The molecule has 2 fully saturated rings.